The molecule has 4 N–H and O–H groups in total. The molecule has 1 heterocycles. The second-order valence-electron chi connectivity index (χ2n) is 3.78. The standard InChI is InChI=1S/C12H15N5/c1-17-8-10(7-15-12(13)14)11(16-17)9-5-3-2-4-6-9/h2-6,8H,7H2,1H3,(H4,13,14,15). The summed E-state index contributed by atoms with van der Waals surface area (Å²) in [6, 6.07) is 9.97. The number of aliphatic imine (C=N–C) groups is 1. The number of nitrogens with two attached hydrogens (primary N) is 2. The molecule has 5 heteroatoms. The summed E-state index contributed by atoms with van der Waals surface area (Å²) in [5.74, 6) is 0.0906. The monoisotopic (exact) mass is 229 g/mol. The van der Waals surface area contributed by atoms with Gasteiger partial charge in [-0.15, -0.1) is 0 Å². The number of rotatable bonds is 3. The highest BCUT2D eigenvalue weighted by atomic mass is 15.3. The van der Waals surface area contributed by atoms with Gasteiger partial charge in [-0.1, -0.05) is 30.3 Å². The lowest BCUT2D eigenvalue weighted by molar-refractivity contribution is 0.769. The van der Waals surface area contributed by atoms with Gasteiger partial charge in [0.25, 0.3) is 0 Å². The molecule has 0 aliphatic heterocycles. The van der Waals surface area contributed by atoms with Crippen LogP contribution in [0.3, 0.4) is 0 Å². The van der Waals surface area contributed by atoms with Gasteiger partial charge in [0, 0.05) is 24.4 Å². The van der Waals surface area contributed by atoms with Crippen molar-refractivity contribution in [2.75, 3.05) is 0 Å². The average Bonchev–Trinajstić information content (AvgIpc) is 2.69. The lowest BCUT2D eigenvalue weighted by Crippen LogP contribution is -2.22. The third-order valence-corrected chi connectivity index (χ3v) is 2.38. The van der Waals surface area contributed by atoms with E-state index in [4.69, 9.17) is 11.5 Å². The van der Waals surface area contributed by atoms with Crippen LogP contribution in [0.2, 0.25) is 0 Å². The van der Waals surface area contributed by atoms with Gasteiger partial charge >= 0.3 is 0 Å². The Morgan fingerprint density at radius 3 is 2.65 bits per heavy atom. The van der Waals surface area contributed by atoms with Crippen molar-refractivity contribution in [3.63, 3.8) is 0 Å². The normalized spacial score (nSPS) is 10.2. The molecule has 0 fully saturated rings. The van der Waals surface area contributed by atoms with Crippen LogP contribution in [0.4, 0.5) is 0 Å². The van der Waals surface area contributed by atoms with Gasteiger partial charge in [-0.25, -0.2) is 4.99 Å². The van der Waals surface area contributed by atoms with E-state index in [1.165, 1.54) is 0 Å². The van der Waals surface area contributed by atoms with Crippen molar-refractivity contribution < 1.29 is 0 Å². The molecular weight excluding hydrogens is 214 g/mol. The Hall–Kier alpha value is -2.30. The highest BCUT2D eigenvalue weighted by Gasteiger charge is 2.08. The molecule has 5 nitrogen and oxygen atoms in total. The number of hydrogen-bond acceptors (Lipinski definition) is 2. The molecule has 0 unspecified atom stereocenters. The van der Waals surface area contributed by atoms with Crippen LogP contribution in [0, 0.1) is 0 Å². The Labute approximate surface area is 99.8 Å². The first kappa shape index (κ1) is 11.2. The number of benzene rings is 1. The first-order chi connectivity index (χ1) is 8.16. The lowest BCUT2D eigenvalue weighted by atomic mass is 10.1. The summed E-state index contributed by atoms with van der Waals surface area (Å²) in [6.45, 7) is 0.445. The molecule has 2 aromatic rings. The highest BCUT2D eigenvalue weighted by Crippen LogP contribution is 2.21. The Balaban J connectivity index is 2.37. The van der Waals surface area contributed by atoms with Crippen LogP contribution < -0.4 is 11.5 Å². The van der Waals surface area contributed by atoms with E-state index < -0.39 is 0 Å². The van der Waals surface area contributed by atoms with E-state index in [1.54, 1.807) is 4.68 Å². The van der Waals surface area contributed by atoms with Gasteiger partial charge in [-0.05, 0) is 0 Å². The predicted octanol–water partition coefficient (Wildman–Crippen LogP) is 0.860. The van der Waals surface area contributed by atoms with E-state index in [0.717, 1.165) is 16.8 Å². The molecule has 1 aromatic carbocycles. The molecule has 0 saturated heterocycles. The van der Waals surface area contributed by atoms with Crippen molar-refractivity contribution >= 4 is 5.96 Å². The summed E-state index contributed by atoms with van der Waals surface area (Å²) in [5.41, 5.74) is 13.7. The van der Waals surface area contributed by atoms with E-state index >= 15 is 0 Å². The molecule has 2 rings (SSSR count). The Bertz CT molecular complexity index is 523. The van der Waals surface area contributed by atoms with Gasteiger partial charge in [0.05, 0.1) is 12.2 Å². The molecule has 1 aromatic heterocycles. The van der Waals surface area contributed by atoms with Crippen molar-refractivity contribution in [2.45, 2.75) is 6.54 Å². The van der Waals surface area contributed by atoms with Gasteiger partial charge in [-0.2, -0.15) is 5.10 Å². The molecular formula is C12H15N5. The summed E-state index contributed by atoms with van der Waals surface area (Å²) in [7, 11) is 1.88. The first-order valence-electron chi connectivity index (χ1n) is 5.30. The fraction of sp³-hybridized carbons (Fsp3) is 0.167. The molecule has 17 heavy (non-hydrogen) atoms. The largest absolute Gasteiger partial charge is 0.370 e. The van der Waals surface area contributed by atoms with Gasteiger partial charge in [0.1, 0.15) is 0 Å². The quantitative estimate of drug-likeness (QED) is 0.605. The van der Waals surface area contributed by atoms with E-state index in [0.29, 0.717) is 6.54 Å². The molecule has 0 aliphatic carbocycles. The maximum Gasteiger partial charge on any atom is 0.186 e. The third kappa shape index (κ3) is 2.63. The maximum absolute atomic E-state index is 5.34. The van der Waals surface area contributed by atoms with E-state index in [1.807, 2.05) is 43.6 Å². The zero-order valence-electron chi connectivity index (χ0n) is 9.67. The number of aromatic nitrogens is 2. The summed E-state index contributed by atoms with van der Waals surface area (Å²) in [5, 5.41) is 4.42. The van der Waals surface area contributed by atoms with Crippen LogP contribution in [-0.2, 0) is 13.6 Å². The number of hydrogen-bond donors (Lipinski definition) is 2. The molecule has 0 amide bonds. The summed E-state index contributed by atoms with van der Waals surface area (Å²) in [6.07, 6.45) is 1.93. The molecule has 0 radical (unpaired) electrons. The molecule has 0 atom stereocenters. The van der Waals surface area contributed by atoms with Crippen molar-refractivity contribution in [3.05, 3.63) is 42.1 Å². The molecule has 88 valence electrons. The van der Waals surface area contributed by atoms with E-state index in [2.05, 4.69) is 10.1 Å². The Morgan fingerprint density at radius 2 is 2.00 bits per heavy atom. The summed E-state index contributed by atoms with van der Waals surface area (Å²) in [4.78, 5) is 4.01. The molecule has 0 aliphatic rings. The molecule has 0 saturated carbocycles. The summed E-state index contributed by atoms with van der Waals surface area (Å²) >= 11 is 0. The Morgan fingerprint density at radius 1 is 1.29 bits per heavy atom. The molecule has 0 spiro atoms. The topological polar surface area (TPSA) is 82.2 Å². The van der Waals surface area contributed by atoms with Crippen molar-refractivity contribution in [3.8, 4) is 11.3 Å². The fourth-order valence-corrected chi connectivity index (χ4v) is 1.67. The third-order valence-electron chi connectivity index (χ3n) is 2.38. The van der Waals surface area contributed by atoms with Crippen molar-refractivity contribution in [2.24, 2.45) is 23.5 Å². The van der Waals surface area contributed by atoms with Gasteiger partial charge in [0.15, 0.2) is 5.96 Å². The second-order valence-corrected chi connectivity index (χ2v) is 3.78. The van der Waals surface area contributed by atoms with Crippen LogP contribution in [0.5, 0.6) is 0 Å². The van der Waals surface area contributed by atoms with Crippen molar-refractivity contribution in [1.29, 1.82) is 0 Å². The Kier molecular flexibility index (Phi) is 3.09. The van der Waals surface area contributed by atoms with Gasteiger partial charge < -0.3 is 11.5 Å². The average molecular weight is 229 g/mol. The lowest BCUT2D eigenvalue weighted by Gasteiger charge is -1.99. The minimum Gasteiger partial charge on any atom is -0.370 e. The molecule has 0 bridgehead atoms. The van der Waals surface area contributed by atoms with Crippen LogP contribution in [0.25, 0.3) is 11.3 Å². The van der Waals surface area contributed by atoms with Crippen molar-refractivity contribution in [1.82, 2.24) is 9.78 Å². The SMILES string of the molecule is Cn1cc(CN=C(N)N)c(-c2ccccc2)n1. The van der Waals surface area contributed by atoms with E-state index in [9.17, 15) is 0 Å². The predicted molar refractivity (Wildman–Crippen MR) is 68.2 cm³/mol. The number of nitrogens with zero attached hydrogens (tertiary/aromatic N) is 3. The van der Waals surface area contributed by atoms with Gasteiger partial charge in [0.2, 0.25) is 0 Å². The van der Waals surface area contributed by atoms with Crippen LogP contribution in [0.1, 0.15) is 5.56 Å². The second kappa shape index (κ2) is 4.69. The van der Waals surface area contributed by atoms with Gasteiger partial charge in [-0.3, -0.25) is 4.68 Å². The van der Waals surface area contributed by atoms with Crippen LogP contribution >= 0.6 is 0 Å². The van der Waals surface area contributed by atoms with Crippen LogP contribution in [0.15, 0.2) is 41.5 Å². The zero-order chi connectivity index (χ0) is 12.3. The number of guanidine groups is 1. The van der Waals surface area contributed by atoms with Crippen LogP contribution in [-0.4, -0.2) is 15.7 Å². The smallest absolute Gasteiger partial charge is 0.186 e. The highest BCUT2D eigenvalue weighted by molar-refractivity contribution is 5.75. The fourth-order valence-electron chi connectivity index (χ4n) is 1.67. The summed E-state index contributed by atoms with van der Waals surface area (Å²) < 4.78 is 1.76. The minimum atomic E-state index is 0.0906. The first-order valence-corrected chi connectivity index (χ1v) is 5.30. The maximum atomic E-state index is 5.34. The minimum absolute atomic E-state index is 0.0906. The number of aryl methyl sites for hydroxylation is 1. The zero-order valence-corrected chi connectivity index (χ0v) is 9.67. The van der Waals surface area contributed by atoms with E-state index in [-0.39, 0.29) is 5.96 Å².